The summed E-state index contributed by atoms with van der Waals surface area (Å²) in [4.78, 5) is 6.64. The van der Waals surface area contributed by atoms with Crippen LogP contribution in [-0.4, -0.2) is 81.7 Å². The minimum atomic E-state index is 0.536. The molecule has 25 heavy (non-hydrogen) atoms. The largest absolute Gasteiger partial charge is 0.507 e. The van der Waals surface area contributed by atoms with Gasteiger partial charge in [0.2, 0.25) is 0 Å². The number of phenolic OH excluding ortho intramolecular Hbond substituents is 1. The number of nitrogens with zero attached hydrogens (tertiary/aromatic N) is 3. The second-order valence-corrected chi connectivity index (χ2v) is 7.98. The van der Waals surface area contributed by atoms with Crippen molar-refractivity contribution >= 4 is 0 Å². The van der Waals surface area contributed by atoms with E-state index < -0.39 is 0 Å². The zero-order valence-corrected chi connectivity index (χ0v) is 17.3. The maximum absolute atomic E-state index is 10.7. The van der Waals surface area contributed by atoms with Gasteiger partial charge >= 0.3 is 0 Å². The van der Waals surface area contributed by atoms with Crippen molar-refractivity contribution < 1.29 is 5.11 Å². The van der Waals surface area contributed by atoms with Gasteiger partial charge in [0.1, 0.15) is 5.75 Å². The molecule has 0 heterocycles. The summed E-state index contributed by atoms with van der Waals surface area (Å²) < 4.78 is 0. The summed E-state index contributed by atoms with van der Waals surface area (Å²) in [6.45, 7) is 3.22. The Bertz CT molecular complexity index is 463. The molecule has 0 atom stereocenters. The van der Waals surface area contributed by atoms with Gasteiger partial charge in [0.05, 0.1) is 0 Å². The van der Waals surface area contributed by atoms with Crippen molar-refractivity contribution in [2.45, 2.75) is 38.5 Å². The zero-order chi connectivity index (χ0) is 18.8. The van der Waals surface area contributed by atoms with E-state index >= 15 is 0 Å². The van der Waals surface area contributed by atoms with Crippen LogP contribution in [0.3, 0.4) is 0 Å². The molecule has 4 nitrogen and oxygen atoms in total. The Morgan fingerprint density at radius 2 is 1.00 bits per heavy atom. The first-order chi connectivity index (χ1) is 11.8. The van der Waals surface area contributed by atoms with Gasteiger partial charge in [-0.15, -0.1) is 0 Å². The highest BCUT2D eigenvalue weighted by Gasteiger charge is 2.11. The summed E-state index contributed by atoms with van der Waals surface area (Å²) in [7, 11) is 12.6. The van der Waals surface area contributed by atoms with Crippen molar-refractivity contribution in [3.63, 3.8) is 0 Å². The van der Waals surface area contributed by atoms with E-state index in [4.69, 9.17) is 0 Å². The van der Waals surface area contributed by atoms with Crippen LogP contribution < -0.4 is 0 Å². The van der Waals surface area contributed by atoms with Crippen LogP contribution >= 0.6 is 0 Å². The summed E-state index contributed by atoms with van der Waals surface area (Å²) in [6.07, 6.45) is 6.31. The molecule has 0 fully saturated rings. The van der Waals surface area contributed by atoms with Crippen molar-refractivity contribution in [1.29, 1.82) is 0 Å². The van der Waals surface area contributed by atoms with Crippen LogP contribution in [0.15, 0.2) is 12.1 Å². The summed E-state index contributed by atoms with van der Waals surface area (Å²) >= 11 is 0. The van der Waals surface area contributed by atoms with Gasteiger partial charge in [-0.1, -0.05) is 12.1 Å². The topological polar surface area (TPSA) is 30.0 Å². The molecule has 1 N–H and O–H groups in total. The Labute approximate surface area is 155 Å². The van der Waals surface area contributed by atoms with Crippen LogP contribution in [0, 0.1) is 0 Å². The molecule has 0 radical (unpaired) electrons. The number of hydrogen-bond acceptors (Lipinski definition) is 4. The molecule has 0 spiro atoms. The van der Waals surface area contributed by atoms with Gasteiger partial charge in [-0.3, -0.25) is 0 Å². The van der Waals surface area contributed by atoms with E-state index in [0.29, 0.717) is 5.75 Å². The SMILES string of the molecule is CN(C)CCCc1cc(CCCN(C)C)c(O)c(CCCN(C)C)c1. The normalized spacial score (nSPS) is 11.9. The van der Waals surface area contributed by atoms with E-state index in [1.54, 1.807) is 0 Å². The third-order valence-electron chi connectivity index (χ3n) is 4.50. The van der Waals surface area contributed by atoms with E-state index in [0.717, 1.165) is 69.3 Å². The highest BCUT2D eigenvalue weighted by Crippen LogP contribution is 2.28. The lowest BCUT2D eigenvalue weighted by Crippen LogP contribution is -2.15. The Morgan fingerprint density at radius 3 is 1.36 bits per heavy atom. The number of hydrogen-bond donors (Lipinski definition) is 1. The van der Waals surface area contributed by atoms with Crippen molar-refractivity contribution in [3.8, 4) is 5.75 Å². The van der Waals surface area contributed by atoms with E-state index in [-0.39, 0.29) is 0 Å². The molecule has 1 rings (SSSR count). The van der Waals surface area contributed by atoms with Gasteiger partial charge < -0.3 is 19.8 Å². The predicted molar refractivity (Wildman–Crippen MR) is 109 cm³/mol. The molecule has 0 saturated carbocycles. The minimum Gasteiger partial charge on any atom is -0.507 e. The number of phenols is 1. The molecule has 0 unspecified atom stereocenters. The quantitative estimate of drug-likeness (QED) is 0.628. The second-order valence-electron chi connectivity index (χ2n) is 7.98. The zero-order valence-electron chi connectivity index (χ0n) is 17.3. The Balaban J connectivity index is 2.83. The molecule has 0 bridgehead atoms. The molecule has 1 aromatic rings. The first-order valence-corrected chi connectivity index (χ1v) is 9.57. The maximum atomic E-state index is 10.7. The van der Waals surface area contributed by atoms with Gasteiger partial charge in [-0.25, -0.2) is 0 Å². The third kappa shape index (κ3) is 9.24. The Hall–Kier alpha value is -1.10. The fourth-order valence-corrected chi connectivity index (χ4v) is 3.13. The second kappa shape index (κ2) is 11.5. The van der Waals surface area contributed by atoms with Crippen LogP contribution in [0.5, 0.6) is 5.75 Å². The summed E-state index contributed by atoms with van der Waals surface area (Å²) in [6, 6.07) is 4.46. The first kappa shape index (κ1) is 21.9. The van der Waals surface area contributed by atoms with Gasteiger partial charge in [0.15, 0.2) is 0 Å². The van der Waals surface area contributed by atoms with Crippen LogP contribution in [0.2, 0.25) is 0 Å². The molecular formula is C21H39N3O. The molecule has 0 aliphatic carbocycles. The van der Waals surface area contributed by atoms with Crippen LogP contribution in [-0.2, 0) is 19.3 Å². The summed E-state index contributed by atoms with van der Waals surface area (Å²) in [5, 5.41) is 10.7. The average Bonchev–Trinajstić information content (AvgIpc) is 2.50. The Kier molecular flexibility index (Phi) is 10.1. The van der Waals surface area contributed by atoms with Crippen LogP contribution in [0.1, 0.15) is 36.0 Å². The predicted octanol–water partition coefficient (Wildman–Crippen LogP) is 2.87. The first-order valence-electron chi connectivity index (χ1n) is 9.57. The molecule has 0 saturated heterocycles. The lowest BCUT2D eigenvalue weighted by Gasteiger charge is -2.16. The van der Waals surface area contributed by atoms with Gasteiger partial charge in [0.25, 0.3) is 0 Å². The molecule has 0 aromatic heterocycles. The highest BCUT2D eigenvalue weighted by molar-refractivity contribution is 5.44. The van der Waals surface area contributed by atoms with Crippen LogP contribution in [0.4, 0.5) is 0 Å². The molecule has 144 valence electrons. The Morgan fingerprint density at radius 1 is 0.640 bits per heavy atom. The van der Waals surface area contributed by atoms with E-state index in [2.05, 4.69) is 69.1 Å². The number of aryl methyl sites for hydroxylation is 3. The van der Waals surface area contributed by atoms with Gasteiger partial charge in [-0.2, -0.15) is 0 Å². The van der Waals surface area contributed by atoms with Gasteiger partial charge in [-0.05, 0) is 117 Å². The van der Waals surface area contributed by atoms with E-state index in [1.807, 2.05) is 0 Å². The fraction of sp³-hybridized carbons (Fsp3) is 0.714. The third-order valence-corrected chi connectivity index (χ3v) is 4.50. The average molecular weight is 350 g/mol. The highest BCUT2D eigenvalue weighted by atomic mass is 16.3. The summed E-state index contributed by atoms with van der Waals surface area (Å²) in [5.74, 6) is 0.536. The van der Waals surface area contributed by atoms with E-state index in [9.17, 15) is 5.11 Å². The molecule has 1 aromatic carbocycles. The van der Waals surface area contributed by atoms with Crippen molar-refractivity contribution in [3.05, 3.63) is 28.8 Å². The van der Waals surface area contributed by atoms with Crippen molar-refractivity contribution in [1.82, 2.24) is 14.7 Å². The van der Waals surface area contributed by atoms with Gasteiger partial charge in [0, 0.05) is 0 Å². The minimum absolute atomic E-state index is 0.536. The summed E-state index contributed by atoms with van der Waals surface area (Å²) in [5.41, 5.74) is 3.63. The number of aromatic hydroxyl groups is 1. The number of benzene rings is 1. The molecule has 0 aliphatic rings. The molecule has 4 heteroatoms. The van der Waals surface area contributed by atoms with Crippen LogP contribution in [0.25, 0.3) is 0 Å². The maximum Gasteiger partial charge on any atom is 0.121 e. The standard InChI is InChI=1S/C21H39N3O/c1-22(2)13-7-10-18-16-19(11-8-14-23(3)4)21(25)20(17-18)12-9-15-24(5)6/h16-17,25H,7-15H2,1-6H3. The molecular weight excluding hydrogens is 310 g/mol. The smallest absolute Gasteiger partial charge is 0.121 e. The monoisotopic (exact) mass is 349 g/mol. The van der Waals surface area contributed by atoms with Crippen molar-refractivity contribution in [2.24, 2.45) is 0 Å². The molecule has 0 aliphatic heterocycles. The fourth-order valence-electron chi connectivity index (χ4n) is 3.13. The molecule has 0 amide bonds. The lowest BCUT2D eigenvalue weighted by molar-refractivity contribution is 0.392. The van der Waals surface area contributed by atoms with E-state index in [1.165, 1.54) is 5.56 Å². The van der Waals surface area contributed by atoms with Crippen molar-refractivity contribution in [2.75, 3.05) is 61.9 Å². The number of rotatable bonds is 12. The lowest BCUT2D eigenvalue weighted by atomic mass is 9.95.